The summed E-state index contributed by atoms with van der Waals surface area (Å²) in [7, 11) is 0. The monoisotopic (exact) mass is 261 g/mol. The van der Waals surface area contributed by atoms with Gasteiger partial charge in [0.05, 0.1) is 0 Å². The standard InChI is InChI=1S/C17H27NO/c1-4-15(14-7-5-6-8-16(14)19)18-13-9-11-17(2,3)12-10-13/h5-8,13,15,18-19H,4,9-12H2,1-3H3. The van der Waals surface area contributed by atoms with Gasteiger partial charge in [0.2, 0.25) is 0 Å². The van der Waals surface area contributed by atoms with E-state index in [0.717, 1.165) is 12.0 Å². The average molecular weight is 261 g/mol. The fourth-order valence-corrected chi connectivity index (χ4v) is 3.06. The van der Waals surface area contributed by atoms with Gasteiger partial charge in [0.15, 0.2) is 0 Å². The summed E-state index contributed by atoms with van der Waals surface area (Å²) in [5.41, 5.74) is 1.55. The molecule has 0 aliphatic heterocycles. The number of aromatic hydroxyl groups is 1. The number of para-hydroxylation sites is 1. The summed E-state index contributed by atoms with van der Waals surface area (Å²) in [4.78, 5) is 0. The second-order valence-electron chi connectivity index (χ2n) is 6.62. The SMILES string of the molecule is CCC(NC1CCC(C)(C)CC1)c1ccccc1O. The largest absolute Gasteiger partial charge is 0.508 e. The Morgan fingerprint density at radius 2 is 1.89 bits per heavy atom. The molecule has 1 aromatic carbocycles. The van der Waals surface area contributed by atoms with Crippen LogP contribution in [0.2, 0.25) is 0 Å². The highest BCUT2D eigenvalue weighted by Gasteiger charge is 2.28. The molecule has 0 spiro atoms. The fourth-order valence-electron chi connectivity index (χ4n) is 3.06. The van der Waals surface area contributed by atoms with Crippen LogP contribution in [0, 0.1) is 5.41 Å². The van der Waals surface area contributed by atoms with Gasteiger partial charge in [-0.05, 0) is 43.6 Å². The number of benzene rings is 1. The van der Waals surface area contributed by atoms with E-state index in [1.54, 1.807) is 6.07 Å². The summed E-state index contributed by atoms with van der Waals surface area (Å²) in [5.74, 6) is 0.415. The smallest absolute Gasteiger partial charge is 0.120 e. The lowest BCUT2D eigenvalue weighted by atomic mass is 9.75. The average Bonchev–Trinajstić information content (AvgIpc) is 2.39. The molecule has 1 saturated carbocycles. The zero-order valence-corrected chi connectivity index (χ0v) is 12.4. The first-order valence-corrected chi connectivity index (χ1v) is 7.56. The Morgan fingerprint density at radius 1 is 1.26 bits per heavy atom. The molecule has 1 aliphatic rings. The van der Waals surface area contributed by atoms with Crippen LogP contribution in [-0.4, -0.2) is 11.1 Å². The van der Waals surface area contributed by atoms with Crippen LogP contribution in [0.1, 0.15) is 64.5 Å². The zero-order valence-electron chi connectivity index (χ0n) is 12.4. The van der Waals surface area contributed by atoms with Crippen molar-refractivity contribution in [3.63, 3.8) is 0 Å². The van der Waals surface area contributed by atoms with E-state index in [9.17, 15) is 5.11 Å². The third-order valence-corrected chi connectivity index (χ3v) is 4.50. The maximum Gasteiger partial charge on any atom is 0.120 e. The number of nitrogens with one attached hydrogen (secondary N) is 1. The minimum atomic E-state index is 0.271. The van der Waals surface area contributed by atoms with E-state index in [1.807, 2.05) is 18.2 Å². The predicted octanol–water partition coefficient (Wildman–Crippen LogP) is 4.40. The van der Waals surface area contributed by atoms with Gasteiger partial charge in [-0.1, -0.05) is 39.0 Å². The molecule has 2 N–H and O–H groups in total. The summed E-state index contributed by atoms with van der Waals surface area (Å²) >= 11 is 0. The molecule has 2 rings (SSSR count). The van der Waals surface area contributed by atoms with Gasteiger partial charge in [-0.2, -0.15) is 0 Å². The first kappa shape index (κ1) is 14.4. The minimum absolute atomic E-state index is 0.271. The molecule has 0 heterocycles. The van der Waals surface area contributed by atoms with Crippen LogP contribution in [0.3, 0.4) is 0 Å². The molecule has 2 nitrogen and oxygen atoms in total. The van der Waals surface area contributed by atoms with Crippen LogP contribution in [-0.2, 0) is 0 Å². The molecule has 1 fully saturated rings. The third-order valence-electron chi connectivity index (χ3n) is 4.50. The number of hydrogen-bond donors (Lipinski definition) is 2. The molecule has 0 radical (unpaired) electrons. The molecule has 1 unspecified atom stereocenters. The van der Waals surface area contributed by atoms with Gasteiger partial charge in [-0.15, -0.1) is 0 Å². The van der Waals surface area contributed by atoms with E-state index in [0.29, 0.717) is 17.2 Å². The first-order chi connectivity index (χ1) is 9.02. The van der Waals surface area contributed by atoms with Crippen LogP contribution in [0.15, 0.2) is 24.3 Å². The fraction of sp³-hybridized carbons (Fsp3) is 0.647. The topological polar surface area (TPSA) is 32.3 Å². The Bertz CT molecular complexity index is 403. The van der Waals surface area contributed by atoms with Gasteiger partial charge < -0.3 is 10.4 Å². The first-order valence-electron chi connectivity index (χ1n) is 7.56. The van der Waals surface area contributed by atoms with Crippen molar-refractivity contribution >= 4 is 0 Å². The zero-order chi connectivity index (χ0) is 13.9. The summed E-state index contributed by atoms with van der Waals surface area (Å²) in [6.45, 7) is 6.91. The van der Waals surface area contributed by atoms with Crippen molar-refractivity contribution in [3.8, 4) is 5.75 Å². The summed E-state index contributed by atoms with van der Waals surface area (Å²) in [6.07, 6.45) is 6.09. The Kier molecular flexibility index (Phi) is 4.51. The quantitative estimate of drug-likeness (QED) is 0.842. The Morgan fingerprint density at radius 3 is 2.47 bits per heavy atom. The van der Waals surface area contributed by atoms with E-state index >= 15 is 0 Å². The predicted molar refractivity (Wildman–Crippen MR) is 80.3 cm³/mol. The van der Waals surface area contributed by atoms with Crippen LogP contribution in [0.4, 0.5) is 0 Å². The van der Waals surface area contributed by atoms with E-state index in [4.69, 9.17) is 0 Å². The number of hydrogen-bond acceptors (Lipinski definition) is 2. The van der Waals surface area contributed by atoms with Crippen molar-refractivity contribution in [3.05, 3.63) is 29.8 Å². The van der Waals surface area contributed by atoms with E-state index in [1.165, 1.54) is 25.7 Å². The lowest BCUT2D eigenvalue weighted by Gasteiger charge is -2.36. The van der Waals surface area contributed by atoms with Gasteiger partial charge >= 0.3 is 0 Å². The molecule has 0 saturated heterocycles. The van der Waals surface area contributed by atoms with Gasteiger partial charge in [0.25, 0.3) is 0 Å². The highest BCUT2D eigenvalue weighted by Crippen LogP contribution is 2.36. The van der Waals surface area contributed by atoms with Gasteiger partial charge in [0, 0.05) is 17.6 Å². The highest BCUT2D eigenvalue weighted by molar-refractivity contribution is 5.34. The van der Waals surface area contributed by atoms with Gasteiger partial charge in [0.1, 0.15) is 5.75 Å². The lowest BCUT2D eigenvalue weighted by Crippen LogP contribution is -2.37. The number of rotatable bonds is 4. The molecular weight excluding hydrogens is 234 g/mol. The van der Waals surface area contributed by atoms with Gasteiger partial charge in [-0.25, -0.2) is 0 Å². The molecule has 2 heteroatoms. The molecule has 0 bridgehead atoms. The van der Waals surface area contributed by atoms with Crippen molar-refractivity contribution in [2.24, 2.45) is 5.41 Å². The van der Waals surface area contributed by atoms with Gasteiger partial charge in [-0.3, -0.25) is 0 Å². The van der Waals surface area contributed by atoms with Crippen molar-refractivity contribution in [2.75, 3.05) is 0 Å². The third kappa shape index (κ3) is 3.73. The van der Waals surface area contributed by atoms with E-state index in [2.05, 4.69) is 26.1 Å². The molecule has 1 atom stereocenters. The normalized spacial score (nSPS) is 21.2. The van der Waals surface area contributed by atoms with Crippen molar-refractivity contribution in [1.29, 1.82) is 0 Å². The van der Waals surface area contributed by atoms with Crippen molar-refractivity contribution in [1.82, 2.24) is 5.32 Å². The molecule has 19 heavy (non-hydrogen) atoms. The lowest BCUT2D eigenvalue weighted by molar-refractivity contribution is 0.196. The maximum absolute atomic E-state index is 9.98. The summed E-state index contributed by atoms with van der Waals surface area (Å²) in [5, 5.41) is 13.7. The van der Waals surface area contributed by atoms with Crippen LogP contribution >= 0.6 is 0 Å². The van der Waals surface area contributed by atoms with Crippen LogP contribution in [0.5, 0.6) is 5.75 Å². The van der Waals surface area contributed by atoms with Crippen molar-refractivity contribution in [2.45, 2.75) is 65.0 Å². The molecule has 106 valence electrons. The molecule has 0 amide bonds. The Hall–Kier alpha value is -1.02. The van der Waals surface area contributed by atoms with E-state index < -0.39 is 0 Å². The summed E-state index contributed by atoms with van der Waals surface area (Å²) in [6, 6.07) is 8.57. The second kappa shape index (κ2) is 5.96. The Labute approximate surface area is 117 Å². The van der Waals surface area contributed by atoms with E-state index in [-0.39, 0.29) is 6.04 Å². The molecule has 0 aromatic heterocycles. The Balaban J connectivity index is 1.99. The minimum Gasteiger partial charge on any atom is -0.508 e. The summed E-state index contributed by atoms with van der Waals surface area (Å²) < 4.78 is 0. The number of phenolic OH excluding ortho intramolecular Hbond substituents is 1. The van der Waals surface area contributed by atoms with Crippen LogP contribution < -0.4 is 5.32 Å². The van der Waals surface area contributed by atoms with Crippen LogP contribution in [0.25, 0.3) is 0 Å². The number of phenols is 1. The maximum atomic E-state index is 9.98. The second-order valence-corrected chi connectivity index (χ2v) is 6.62. The molecule has 1 aromatic rings. The van der Waals surface area contributed by atoms with Crippen molar-refractivity contribution < 1.29 is 5.11 Å². The highest BCUT2D eigenvalue weighted by atomic mass is 16.3. The molecular formula is C17H27NO. The molecule has 1 aliphatic carbocycles.